The van der Waals surface area contributed by atoms with Gasteiger partial charge in [-0.2, -0.15) is 0 Å². The molecule has 0 saturated carbocycles. The van der Waals surface area contributed by atoms with Crippen LogP contribution in [0.1, 0.15) is 16.8 Å². The molecule has 0 amide bonds. The molecule has 4 heteroatoms. The topological polar surface area (TPSA) is 52.6 Å². The molecular weight excluding hydrogens is 244 g/mol. The number of rotatable bonds is 3. The van der Waals surface area contributed by atoms with Gasteiger partial charge in [-0.15, -0.1) is 0 Å². The number of esters is 1. The molecule has 96 valence electrons. The van der Waals surface area contributed by atoms with Gasteiger partial charge in [-0.3, -0.25) is 4.79 Å². The van der Waals surface area contributed by atoms with Crippen LogP contribution in [0.5, 0.6) is 5.75 Å². The zero-order valence-corrected chi connectivity index (χ0v) is 10.2. The molecule has 1 atom stereocenters. The minimum Gasteiger partial charge on any atom is -0.478 e. The van der Waals surface area contributed by atoms with Gasteiger partial charge in [-0.1, -0.05) is 30.3 Å². The van der Waals surface area contributed by atoms with Crippen molar-refractivity contribution in [2.24, 2.45) is 0 Å². The van der Waals surface area contributed by atoms with Crippen LogP contribution in [0.4, 0.5) is 0 Å². The summed E-state index contributed by atoms with van der Waals surface area (Å²) >= 11 is 0. The number of fused-ring (bicyclic) bond motifs is 1. The quantitative estimate of drug-likeness (QED) is 0.624. The lowest BCUT2D eigenvalue weighted by molar-refractivity contribution is -0.143. The van der Waals surface area contributed by atoms with Gasteiger partial charge in [0.05, 0.1) is 12.2 Å². The zero-order chi connectivity index (χ0) is 13.2. The molecule has 0 N–H and O–H groups in total. The third-order valence-corrected chi connectivity index (χ3v) is 3.21. The highest BCUT2D eigenvalue weighted by atomic mass is 16.6. The number of ether oxygens (including phenoxy) is 2. The van der Waals surface area contributed by atoms with Crippen LogP contribution in [0.25, 0.3) is 10.8 Å². The van der Waals surface area contributed by atoms with Crippen LogP contribution >= 0.6 is 0 Å². The Hall–Kier alpha value is -2.36. The average Bonchev–Trinajstić information content (AvgIpc) is 2.84. The molecule has 4 nitrogen and oxygen atoms in total. The van der Waals surface area contributed by atoms with Crippen molar-refractivity contribution < 1.29 is 19.1 Å². The van der Waals surface area contributed by atoms with Crippen molar-refractivity contribution in [1.82, 2.24) is 0 Å². The summed E-state index contributed by atoms with van der Waals surface area (Å²) in [6.07, 6.45) is 0.668. The van der Waals surface area contributed by atoms with Crippen LogP contribution in [0.2, 0.25) is 0 Å². The van der Waals surface area contributed by atoms with E-state index in [9.17, 15) is 9.59 Å². The molecule has 0 aromatic heterocycles. The fraction of sp³-hybridized carbons (Fsp3) is 0.200. The minimum atomic E-state index is -0.611. The monoisotopic (exact) mass is 256 g/mol. The fourth-order valence-corrected chi connectivity index (χ4v) is 2.24. The van der Waals surface area contributed by atoms with Crippen molar-refractivity contribution >= 4 is 23.0 Å². The number of hydrogen-bond donors (Lipinski definition) is 0. The number of cyclic esters (lactones) is 1. The second-order valence-electron chi connectivity index (χ2n) is 4.38. The van der Waals surface area contributed by atoms with Crippen LogP contribution in [0.15, 0.2) is 36.4 Å². The van der Waals surface area contributed by atoms with E-state index in [-0.39, 0.29) is 5.97 Å². The highest BCUT2D eigenvalue weighted by Gasteiger charge is 2.29. The molecule has 1 aliphatic rings. The molecule has 0 spiro atoms. The van der Waals surface area contributed by atoms with Crippen molar-refractivity contribution in [3.63, 3.8) is 0 Å². The molecule has 0 aliphatic carbocycles. The molecule has 1 unspecified atom stereocenters. The molecule has 2 aromatic carbocycles. The zero-order valence-electron chi connectivity index (χ0n) is 10.2. The summed E-state index contributed by atoms with van der Waals surface area (Å²) in [6.45, 7) is 0.369. The van der Waals surface area contributed by atoms with E-state index in [0.717, 1.165) is 17.1 Å². The van der Waals surface area contributed by atoms with Gasteiger partial charge in [0, 0.05) is 6.42 Å². The number of aldehydes is 1. The summed E-state index contributed by atoms with van der Waals surface area (Å²) in [4.78, 5) is 22.7. The van der Waals surface area contributed by atoms with Gasteiger partial charge in [0.15, 0.2) is 12.4 Å². The molecule has 1 fully saturated rings. The normalized spacial score (nSPS) is 18.3. The lowest BCUT2D eigenvalue weighted by Gasteiger charge is -2.13. The SMILES string of the molecule is O=Cc1c(OC2CCOC2=O)ccc2ccccc12. The third kappa shape index (κ3) is 2.05. The lowest BCUT2D eigenvalue weighted by atomic mass is 10.0. The van der Waals surface area contributed by atoms with Crippen molar-refractivity contribution in [2.45, 2.75) is 12.5 Å². The Morgan fingerprint density at radius 1 is 1.21 bits per heavy atom. The summed E-state index contributed by atoms with van der Waals surface area (Å²) in [5, 5.41) is 1.78. The summed E-state index contributed by atoms with van der Waals surface area (Å²) in [6, 6.07) is 11.2. The highest BCUT2D eigenvalue weighted by molar-refractivity contribution is 6.00. The first-order valence-corrected chi connectivity index (χ1v) is 6.10. The summed E-state index contributed by atoms with van der Waals surface area (Å²) in [7, 11) is 0. The second kappa shape index (κ2) is 4.72. The highest BCUT2D eigenvalue weighted by Crippen LogP contribution is 2.28. The summed E-state index contributed by atoms with van der Waals surface area (Å²) in [5.41, 5.74) is 0.470. The molecule has 3 rings (SSSR count). The van der Waals surface area contributed by atoms with Crippen LogP contribution in [0.3, 0.4) is 0 Å². The van der Waals surface area contributed by atoms with Crippen molar-refractivity contribution in [3.8, 4) is 5.75 Å². The van der Waals surface area contributed by atoms with Crippen LogP contribution in [-0.4, -0.2) is 25.0 Å². The number of benzene rings is 2. The van der Waals surface area contributed by atoms with Crippen LogP contribution in [-0.2, 0) is 9.53 Å². The maximum atomic E-state index is 11.4. The number of carbonyl (C=O) groups excluding carboxylic acids is 2. The molecule has 0 bridgehead atoms. The van der Waals surface area contributed by atoms with Crippen LogP contribution in [0, 0.1) is 0 Å². The van der Waals surface area contributed by atoms with Gasteiger partial charge in [0.25, 0.3) is 0 Å². The van der Waals surface area contributed by atoms with E-state index < -0.39 is 6.10 Å². The summed E-state index contributed by atoms with van der Waals surface area (Å²) in [5.74, 6) is 0.0579. The van der Waals surface area contributed by atoms with Crippen molar-refractivity contribution in [2.75, 3.05) is 6.61 Å². The van der Waals surface area contributed by atoms with Gasteiger partial charge in [0.2, 0.25) is 0 Å². The Balaban J connectivity index is 2.03. The molecule has 1 heterocycles. The van der Waals surface area contributed by atoms with E-state index >= 15 is 0 Å². The number of carbonyl (C=O) groups is 2. The Bertz CT molecular complexity index is 648. The first-order chi connectivity index (χ1) is 9.29. The third-order valence-electron chi connectivity index (χ3n) is 3.21. The van der Waals surface area contributed by atoms with Gasteiger partial charge in [0.1, 0.15) is 5.75 Å². The first-order valence-electron chi connectivity index (χ1n) is 6.10. The lowest BCUT2D eigenvalue weighted by Crippen LogP contribution is -2.22. The Kier molecular flexibility index (Phi) is 2.91. The Morgan fingerprint density at radius 3 is 2.79 bits per heavy atom. The molecule has 2 aromatic rings. The van der Waals surface area contributed by atoms with Gasteiger partial charge in [-0.25, -0.2) is 4.79 Å². The van der Waals surface area contributed by atoms with E-state index in [4.69, 9.17) is 9.47 Å². The number of hydrogen-bond acceptors (Lipinski definition) is 4. The fourth-order valence-electron chi connectivity index (χ4n) is 2.24. The van der Waals surface area contributed by atoms with Crippen molar-refractivity contribution in [3.05, 3.63) is 42.0 Å². The van der Waals surface area contributed by atoms with Gasteiger partial charge in [-0.05, 0) is 16.8 Å². The van der Waals surface area contributed by atoms with Gasteiger partial charge < -0.3 is 9.47 Å². The Morgan fingerprint density at radius 2 is 2.05 bits per heavy atom. The van der Waals surface area contributed by atoms with E-state index in [1.165, 1.54) is 0 Å². The van der Waals surface area contributed by atoms with E-state index in [0.29, 0.717) is 24.3 Å². The predicted molar refractivity (Wildman–Crippen MR) is 69.3 cm³/mol. The molecule has 1 aliphatic heterocycles. The average molecular weight is 256 g/mol. The van der Waals surface area contributed by atoms with E-state index in [1.54, 1.807) is 6.07 Å². The van der Waals surface area contributed by atoms with E-state index in [2.05, 4.69) is 0 Å². The maximum Gasteiger partial charge on any atom is 0.347 e. The standard InChI is InChI=1S/C15H12O4/c16-9-12-11-4-2-1-3-10(11)5-6-13(12)19-14-7-8-18-15(14)17/h1-6,9,14H,7-8H2. The largest absolute Gasteiger partial charge is 0.478 e. The molecule has 1 saturated heterocycles. The second-order valence-corrected chi connectivity index (χ2v) is 4.38. The summed E-state index contributed by atoms with van der Waals surface area (Å²) < 4.78 is 10.5. The smallest absolute Gasteiger partial charge is 0.347 e. The first kappa shape index (κ1) is 11.7. The van der Waals surface area contributed by atoms with Crippen molar-refractivity contribution in [1.29, 1.82) is 0 Å². The predicted octanol–water partition coefficient (Wildman–Crippen LogP) is 2.35. The minimum absolute atomic E-state index is 0.369. The van der Waals surface area contributed by atoms with Gasteiger partial charge >= 0.3 is 5.97 Å². The molecule has 19 heavy (non-hydrogen) atoms. The van der Waals surface area contributed by atoms with Crippen LogP contribution < -0.4 is 4.74 Å². The molecular formula is C15H12O4. The maximum absolute atomic E-state index is 11.4. The Labute approximate surface area is 109 Å². The van der Waals surface area contributed by atoms with E-state index in [1.807, 2.05) is 30.3 Å². The molecule has 0 radical (unpaired) electrons.